The van der Waals surface area contributed by atoms with Gasteiger partial charge in [-0.2, -0.15) is 0 Å². The molecule has 4 bridgehead atoms. The Morgan fingerprint density at radius 1 is 1.15 bits per heavy atom. The van der Waals surface area contributed by atoms with Crippen LogP contribution in [0.2, 0.25) is 0 Å². The van der Waals surface area contributed by atoms with Gasteiger partial charge in [-0.25, -0.2) is 0 Å². The maximum absolute atomic E-state index is 14.0. The Kier molecular flexibility index (Phi) is 4.32. The Morgan fingerprint density at radius 3 is 2.45 bits per heavy atom. The lowest BCUT2D eigenvalue weighted by Gasteiger charge is -2.44. The van der Waals surface area contributed by atoms with Crippen molar-refractivity contribution in [2.75, 3.05) is 7.11 Å². The van der Waals surface area contributed by atoms with E-state index in [9.17, 15) is 24.0 Å². The van der Waals surface area contributed by atoms with E-state index in [1.54, 1.807) is 26.0 Å². The summed E-state index contributed by atoms with van der Waals surface area (Å²) in [7, 11) is 1.25. The fourth-order valence-electron chi connectivity index (χ4n) is 8.11. The Bertz CT molecular complexity index is 1030. The number of carbonyl (C=O) groups excluding carboxylic acids is 5. The van der Waals surface area contributed by atoms with Crippen molar-refractivity contribution in [2.45, 2.75) is 64.3 Å². The minimum Gasteiger partial charge on any atom is -0.469 e. The molecule has 0 N–H and O–H groups in total. The van der Waals surface area contributed by atoms with Gasteiger partial charge in [0, 0.05) is 32.1 Å². The molecule has 5 aliphatic rings. The molecule has 1 unspecified atom stereocenters. The first-order valence-electron chi connectivity index (χ1n) is 11.3. The summed E-state index contributed by atoms with van der Waals surface area (Å²) in [5.74, 6) is -5.30. The highest BCUT2D eigenvalue weighted by molar-refractivity contribution is 5.99. The monoisotopic (exact) mass is 460 g/mol. The van der Waals surface area contributed by atoms with Crippen LogP contribution in [-0.4, -0.2) is 54.1 Å². The molecule has 4 aliphatic carbocycles. The number of esters is 4. The van der Waals surface area contributed by atoms with Crippen LogP contribution in [0.3, 0.4) is 0 Å². The first kappa shape index (κ1) is 22.1. The van der Waals surface area contributed by atoms with Crippen LogP contribution >= 0.6 is 0 Å². The summed E-state index contributed by atoms with van der Waals surface area (Å²) in [6.07, 6.45) is 3.43. The number of hydrogen-bond donors (Lipinski definition) is 0. The summed E-state index contributed by atoms with van der Waals surface area (Å²) in [6.45, 7) is 5.93. The van der Waals surface area contributed by atoms with Gasteiger partial charge in [-0.3, -0.25) is 24.0 Å². The molecule has 0 aromatic heterocycles. The van der Waals surface area contributed by atoms with Gasteiger partial charge in [0.05, 0.1) is 24.4 Å². The minimum atomic E-state index is -1.37. The van der Waals surface area contributed by atoms with Crippen LogP contribution in [-0.2, 0) is 42.9 Å². The Balaban J connectivity index is 1.73. The zero-order valence-corrected chi connectivity index (χ0v) is 19.3. The van der Waals surface area contributed by atoms with Crippen molar-refractivity contribution in [1.29, 1.82) is 0 Å². The molecular formula is C24H28O9. The molecule has 9 atom stereocenters. The van der Waals surface area contributed by atoms with Gasteiger partial charge in [-0.05, 0) is 31.9 Å². The first-order chi connectivity index (χ1) is 15.4. The second kappa shape index (κ2) is 6.45. The maximum atomic E-state index is 14.0. The zero-order valence-electron chi connectivity index (χ0n) is 19.3. The first-order valence-corrected chi connectivity index (χ1v) is 11.3. The van der Waals surface area contributed by atoms with E-state index in [4.69, 9.17) is 18.9 Å². The summed E-state index contributed by atoms with van der Waals surface area (Å²) >= 11 is 0. The van der Waals surface area contributed by atoms with E-state index in [0.717, 1.165) is 0 Å². The molecule has 3 saturated carbocycles. The lowest BCUT2D eigenvalue weighted by Crippen LogP contribution is -2.52. The fourth-order valence-corrected chi connectivity index (χ4v) is 8.11. The number of fused-ring (bicyclic) bond motifs is 1. The summed E-state index contributed by atoms with van der Waals surface area (Å²) in [4.78, 5) is 64.5. The van der Waals surface area contributed by atoms with Crippen molar-refractivity contribution in [1.82, 2.24) is 0 Å². The normalized spacial score (nSPS) is 48.6. The standard InChI is InChI=1S/C24H28O9/c1-11-18(27)23-10-22(11,32-13(3)26)8-6-14(23)24-9-7-15(31-12(2)25)21(4,20(29)33-24)17(24)16(23)19(28)30-5/h7,9,11,14-17H,6,8,10H2,1-5H3/t11-,14+,15-,16+,17?,21+,22-,23+,24+/m0/s1. The third kappa shape index (κ3) is 2.30. The number of hydrogen-bond acceptors (Lipinski definition) is 9. The molecule has 1 aliphatic heterocycles. The van der Waals surface area contributed by atoms with Crippen molar-refractivity contribution >= 4 is 29.7 Å². The summed E-state index contributed by atoms with van der Waals surface area (Å²) < 4.78 is 22.5. The minimum absolute atomic E-state index is 0.169. The van der Waals surface area contributed by atoms with Crippen LogP contribution < -0.4 is 0 Å². The second-order valence-corrected chi connectivity index (χ2v) is 10.4. The average Bonchev–Trinajstić information content (AvgIpc) is 3.15. The van der Waals surface area contributed by atoms with Gasteiger partial charge in [0.25, 0.3) is 0 Å². The molecule has 1 spiro atoms. The molecule has 9 heteroatoms. The topological polar surface area (TPSA) is 122 Å². The van der Waals surface area contributed by atoms with E-state index in [0.29, 0.717) is 12.8 Å². The maximum Gasteiger partial charge on any atom is 0.317 e. The molecule has 1 heterocycles. The van der Waals surface area contributed by atoms with Gasteiger partial charge in [0.2, 0.25) is 0 Å². The molecule has 33 heavy (non-hydrogen) atoms. The number of ether oxygens (including phenoxy) is 4. The molecule has 9 nitrogen and oxygen atoms in total. The molecule has 0 amide bonds. The van der Waals surface area contributed by atoms with E-state index in [1.807, 2.05) is 0 Å². The van der Waals surface area contributed by atoms with Gasteiger partial charge in [-0.1, -0.05) is 6.92 Å². The van der Waals surface area contributed by atoms with Crippen LogP contribution in [0, 0.1) is 34.5 Å². The van der Waals surface area contributed by atoms with Gasteiger partial charge in [0.1, 0.15) is 28.5 Å². The predicted molar refractivity (Wildman–Crippen MR) is 109 cm³/mol. The molecule has 0 radical (unpaired) electrons. The van der Waals surface area contributed by atoms with E-state index < -0.39 is 75.7 Å². The number of Topliss-reactive ketones (excluding diaryl/α,β-unsaturated/α-hetero) is 1. The van der Waals surface area contributed by atoms with Crippen LogP contribution in [0.25, 0.3) is 0 Å². The highest BCUT2D eigenvalue weighted by atomic mass is 16.6. The predicted octanol–water partition coefficient (Wildman–Crippen LogP) is 1.52. The Hall–Kier alpha value is -2.71. The van der Waals surface area contributed by atoms with Crippen LogP contribution in [0.5, 0.6) is 0 Å². The molecule has 1 saturated heterocycles. The molecule has 4 fully saturated rings. The highest BCUT2D eigenvalue weighted by Gasteiger charge is 2.87. The van der Waals surface area contributed by atoms with E-state index in [1.165, 1.54) is 21.0 Å². The van der Waals surface area contributed by atoms with Crippen molar-refractivity contribution in [3.05, 3.63) is 12.2 Å². The van der Waals surface area contributed by atoms with Crippen LogP contribution in [0.4, 0.5) is 0 Å². The molecule has 0 aromatic carbocycles. The smallest absolute Gasteiger partial charge is 0.317 e. The average molecular weight is 460 g/mol. The molecule has 178 valence electrons. The van der Waals surface area contributed by atoms with Gasteiger partial charge in [-0.15, -0.1) is 0 Å². The summed E-state index contributed by atoms with van der Waals surface area (Å²) in [5.41, 5.74) is -4.81. The number of rotatable bonds is 3. The number of ketones is 1. The Labute approximate surface area is 191 Å². The number of methoxy groups -OCH3 is 1. The summed E-state index contributed by atoms with van der Waals surface area (Å²) in [6, 6.07) is 0. The third-order valence-corrected chi connectivity index (χ3v) is 9.20. The quantitative estimate of drug-likeness (QED) is 0.350. The number of carbonyl (C=O) groups is 5. The van der Waals surface area contributed by atoms with Gasteiger partial charge >= 0.3 is 23.9 Å². The van der Waals surface area contributed by atoms with Crippen LogP contribution in [0.15, 0.2) is 12.2 Å². The third-order valence-electron chi connectivity index (χ3n) is 9.20. The largest absolute Gasteiger partial charge is 0.469 e. The van der Waals surface area contributed by atoms with Crippen molar-refractivity contribution < 1.29 is 42.9 Å². The second-order valence-electron chi connectivity index (χ2n) is 10.4. The lowest BCUT2D eigenvalue weighted by molar-refractivity contribution is -0.174. The van der Waals surface area contributed by atoms with E-state index in [2.05, 4.69) is 0 Å². The van der Waals surface area contributed by atoms with Gasteiger partial charge in [0.15, 0.2) is 0 Å². The van der Waals surface area contributed by atoms with E-state index >= 15 is 0 Å². The van der Waals surface area contributed by atoms with E-state index in [-0.39, 0.29) is 12.2 Å². The van der Waals surface area contributed by atoms with Crippen molar-refractivity contribution in [3.63, 3.8) is 0 Å². The van der Waals surface area contributed by atoms with Gasteiger partial charge < -0.3 is 18.9 Å². The summed E-state index contributed by atoms with van der Waals surface area (Å²) in [5, 5.41) is 0. The van der Waals surface area contributed by atoms with Crippen molar-refractivity contribution in [2.24, 2.45) is 34.5 Å². The van der Waals surface area contributed by atoms with Crippen molar-refractivity contribution in [3.8, 4) is 0 Å². The highest BCUT2D eigenvalue weighted by Crippen LogP contribution is 2.77. The molecular weight excluding hydrogens is 432 g/mol. The lowest BCUT2D eigenvalue weighted by atomic mass is 9.60. The molecule has 5 rings (SSSR count). The molecule has 0 aromatic rings. The zero-order chi connectivity index (χ0) is 24.1. The fraction of sp³-hybridized carbons (Fsp3) is 0.708. The SMILES string of the molecule is COC(=O)[C@H]1C2[C@@]3(C=C[C@H](OC(C)=O)[C@@]2(C)C(=O)O3)[C@@H]2CC[C@]3(OC(C)=O)C[C@@]21C(=O)[C@@H]3C. The Morgan fingerprint density at radius 2 is 1.85 bits per heavy atom. The van der Waals surface area contributed by atoms with Crippen LogP contribution in [0.1, 0.15) is 47.0 Å².